The molecular formula is C18H12N4O6. The van der Waals surface area contributed by atoms with Gasteiger partial charge in [0.2, 0.25) is 5.88 Å². The van der Waals surface area contributed by atoms with E-state index in [9.17, 15) is 25.0 Å². The summed E-state index contributed by atoms with van der Waals surface area (Å²) in [6, 6.07) is 13.1. The topological polar surface area (TPSA) is 138 Å². The van der Waals surface area contributed by atoms with Gasteiger partial charge < -0.3 is 4.74 Å². The zero-order chi connectivity index (χ0) is 20.3. The van der Waals surface area contributed by atoms with Crippen LogP contribution in [0.4, 0.5) is 11.4 Å². The van der Waals surface area contributed by atoms with Gasteiger partial charge in [-0.25, -0.2) is 4.79 Å². The summed E-state index contributed by atoms with van der Waals surface area (Å²) in [5.74, 6) is -1.17. The van der Waals surface area contributed by atoms with E-state index in [0.717, 1.165) is 29.3 Å². The summed E-state index contributed by atoms with van der Waals surface area (Å²) in [6.07, 6.45) is 0. The highest BCUT2D eigenvalue weighted by Crippen LogP contribution is 2.24. The molecule has 28 heavy (non-hydrogen) atoms. The minimum absolute atomic E-state index is 0.143. The number of carbonyl (C=O) groups is 1. The minimum atomic E-state index is -1.02. The normalized spacial score (nSPS) is 10.3. The van der Waals surface area contributed by atoms with Crippen molar-refractivity contribution in [3.63, 3.8) is 0 Å². The third-order valence-corrected chi connectivity index (χ3v) is 3.74. The third-order valence-electron chi connectivity index (χ3n) is 3.74. The highest BCUT2D eigenvalue weighted by Gasteiger charge is 2.21. The lowest BCUT2D eigenvalue weighted by Crippen LogP contribution is -2.11. The van der Waals surface area contributed by atoms with E-state index in [1.54, 1.807) is 6.07 Å². The first-order chi connectivity index (χ1) is 13.3. The van der Waals surface area contributed by atoms with Gasteiger partial charge in [-0.15, -0.1) is 10.2 Å². The molecule has 3 aromatic rings. The molecule has 0 saturated carbocycles. The standard InChI is InChI=1S/C18H12N4O6/c1-11-2-4-12(5-3-11)16-6-7-17(20-19-16)28-18(23)13-8-14(21(24)25)10-15(9-13)22(26)27/h2-10H,1H3. The van der Waals surface area contributed by atoms with E-state index in [-0.39, 0.29) is 11.4 Å². The van der Waals surface area contributed by atoms with Gasteiger partial charge in [0.25, 0.3) is 11.4 Å². The van der Waals surface area contributed by atoms with Gasteiger partial charge in [-0.3, -0.25) is 20.2 Å². The molecule has 0 amide bonds. The lowest BCUT2D eigenvalue weighted by molar-refractivity contribution is -0.394. The van der Waals surface area contributed by atoms with Crippen LogP contribution in [0.25, 0.3) is 11.3 Å². The second kappa shape index (κ2) is 7.58. The number of aromatic nitrogens is 2. The van der Waals surface area contributed by atoms with Crippen molar-refractivity contribution in [2.24, 2.45) is 0 Å². The number of rotatable bonds is 5. The number of nitro groups is 2. The Bertz CT molecular complexity index is 1030. The molecule has 3 rings (SSSR count). The fraction of sp³-hybridized carbons (Fsp3) is 0.0556. The van der Waals surface area contributed by atoms with Crippen LogP contribution in [0.3, 0.4) is 0 Å². The van der Waals surface area contributed by atoms with Crippen molar-refractivity contribution in [2.75, 3.05) is 0 Å². The average Bonchev–Trinajstić information content (AvgIpc) is 2.68. The molecule has 0 radical (unpaired) electrons. The Morgan fingerprint density at radius 3 is 2.00 bits per heavy atom. The van der Waals surface area contributed by atoms with E-state index in [1.165, 1.54) is 6.07 Å². The SMILES string of the molecule is Cc1ccc(-c2ccc(OC(=O)c3cc([N+](=O)[O-])cc([N+](=O)[O-])c3)nn2)cc1. The van der Waals surface area contributed by atoms with Crippen LogP contribution in [0.15, 0.2) is 54.6 Å². The summed E-state index contributed by atoms with van der Waals surface area (Å²) in [5, 5.41) is 29.6. The molecule has 0 N–H and O–H groups in total. The van der Waals surface area contributed by atoms with Crippen molar-refractivity contribution in [3.05, 3.63) is 86.0 Å². The number of carbonyl (C=O) groups excluding carboxylic acids is 1. The number of non-ortho nitro benzene ring substituents is 2. The first kappa shape index (κ1) is 18.6. The Labute approximate surface area is 157 Å². The van der Waals surface area contributed by atoms with Crippen molar-refractivity contribution in [1.82, 2.24) is 10.2 Å². The monoisotopic (exact) mass is 380 g/mol. The molecule has 0 spiro atoms. The maximum Gasteiger partial charge on any atom is 0.345 e. The Morgan fingerprint density at radius 1 is 0.893 bits per heavy atom. The number of hydrogen-bond donors (Lipinski definition) is 0. The Morgan fingerprint density at radius 2 is 1.50 bits per heavy atom. The summed E-state index contributed by atoms with van der Waals surface area (Å²) >= 11 is 0. The lowest BCUT2D eigenvalue weighted by atomic mass is 10.1. The number of esters is 1. The molecule has 2 aromatic carbocycles. The summed E-state index contributed by atoms with van der Waals surface area (Å²) < 4.78 is 5.02. The van der Waals surface area contributed by atoms with Crippen molar-refractivity contribution in [1.29, 1.82) is 0 Å². The van der Waals surface area contributed by atoms with E-state index < -0.39 is 27.2 Å². The predicted molar refractivity (Wildman–Crippen MR) is 96.9 cm³/mol. The predicted octanol–water partition coefficient (Wildman–Crippen LogP) is 3.49. The molecular weight excluding hydrogens is 368 g/mol. The lowest BCUT2D eigenvalue weighted by Gasteiger charge is -2.05. The molecule has 1 aromatic heterocycles. The van der Waals surface area contributed by atoms with Crippen LogP contribution in [-0.4, -0.2) is 26.0 Å². The molecule has 1 heterocycles. The highest BCUT2D eigenvalue weighted by atomic mass is 16.6. The summed E-state index contributed by atoms with van der Waals surface area (Å²) in [6.45, 7) is 1.95. The maximum absolute atomic E-state index is 12.2. The summed E-state index contributed by atoms with van der Waals surface area (Å²) in [7, 11) is 0. The fourth-order valence-electron chi connectivity index (χ4n) is 2.33. The number of benzene rings is 2. The van der Waals surface area contributed by atoms with Gasteiger partial charge >= 0.3 is 5.97 Å². The number of ether oxygens (including phenoxy) is 1. The number of nitro benzene ring substituents is 2. The van der Waals surface area contributed by atoms with E-state index in [1.807, 2.05) is 31.2 Å². The molecule has 0 atom stereocenters. The Kier molecular flexibility index (Phi) is 5.03. The van der Waals surface area contributed by atoms with Gasteiger partial charge in [-0.2, -0.15) is 0 Å². The molecule has 0 aliphatic rings. The van der Waals surface area contributed by atoms with Gasteiger partial charge in [-0.05, 0) is 13.0 Å². The average molecular weight is 380 g/mol. The van der Waals surface area contributed by atoms with E-state index in [4.69, 9.17) is 4.74 Å². The molecule has 140 valence electrons. The van der Waals surface area contributed by atoms with Gasteiger partial charge in [0, 0.05) is 23.8 Å². The highest BCUT2D eigenvalue weighted by molar-refractivity contribution is 5.92. The van der Waals surface area contributed by atoms with Gasteiger partial charge in [-0.1, -0.05) is 29.8 Å². The third kappa shape index (κ3) is 4.12. The molecule has 0 aliphatic carbocycles. The summed E-state index contributed by atoms with van der Waals surface area (Å²) in [5.41, 5.74) is 0.943. The Balaban J connectivity index is 1.82. The summed E-state index contributed by atoms with van der Waals surface area (Å²) in [4.78, 5) is 32.4. The molecule has 10 heteroatoms. The molecule has 10 nitrogen and oxygen atoms in total. The number of nitrogens with zero attached hydrogens (tertiary/aromatic N) is 4. The molecule has 0 unspecified atom stereocenters. The molecule has 0 aliphatic heterocycles. The van der Waals surface area contributed by atoms with Crippen molar-refractivity contribution < 1.29 is 19.4 Å². The van der Waals surface area contributed by atoms with Crippen molar-refractivity contribution in [2.45, 2.75) is 6.92 Å². The van der Waals surface area contributed by atoms with Crippen LogP contribution in [0, 0.1) is 27.2 Å². The van der Waals surface area contributed by atoms with Crippen LogP contribution < -0.4 is 4.74 Å². The maximum atomic E-state index is 12.2. The van der Waals surface area contributed by atoms with E-state index in [2.05, 4.69) is 10.2 Å². The number of hydrogen-bond acceptors (Lipinski definition) is 8. The van der Waals surface area contributed by atoms with Crippen LogP contribution in [-0.2, 0) is 0 Å². The van der Waals surface area contributed by atoms with Gasteiger partial charge in [0.1, 0.15) is 0 Å². The van der Waals surface area contributed by atoms with E-state index in [0.29, 0.717) is 5.69 Å². The van der Waals surface area contributed by atoms with Crippen LogP contribution in [0.1, 0.15) is 15.9 Å². The second-order valence-electron chi connectivity index (χ2n) is 5.76. The van der Waals surface area contributed by atoms with Crippen LogP contribution in [0.5, 0.6) is 5.88 Å². The molecule has 0 bridgehead atoms. The number of aryl methyl sites for hydroxylation is 1. The van der Waals surface area contributed by atoms with Gasteiger partial charge in [0.15, 0.2) is 0 Å². The molecule has 0 fully saturated rings. The fourth-order valence-corrected chi connectivity index (χ4v) is 2.33. The second-order valence-corrected chi connectivity index (χ2v) is 5.76. The van der Waals surface area contributed by atoms with Crippen molar-refractivity contribution in [3.8, 4) is 17.1 Å². The molecule has 0 saturated heterocycles. The zero-order valence-electron chi connectivity index (χ0n) is 14.4. The quantitative estimate of drug-likeness (QED) is 0.372. The smallest absolute Gasteiger partial charge is 0.345 e. The van der Waals surface area contributed by atoms with Gasteiger partial charge in [0.05, 0.1) is 27.2 Å². The first-order valence-corrected chi connectivity index (χ1v) is 7.90. The zero-order valence-corrected chi connectivity index (χ0v) is 14.4. The van der Waals surface area contributed by atoms with Crippen LogP contribution >= 0.6 is 0 Å². The first-order valence-electron chi connectivity index (χ1n) is 7.90. The van der Waals surface area contributed by atoms with Crippen LogP contribution in [0.2, 0.25) is 0 Å². The van der Waals surface area contributed by atoms with Crippen molar-refractivity contribution >= 4 is 17.3 Å². The largest absolute Gasteiger partial charge is 0.402 e. The minimum Gasteiger partial charge on any atom is -0.402 e. The van der Waals surface area contributed by atoms with E-state index >= 15 is 0 Å². The Hall–Kier alpha value is -4.21.